The Labute approximate surface area is 208 Å². The van der Waals surface area contributed by atoms with E-state index in [1.807, 2.05) is 6.92 Å². The van der Waals surface area contributed by atoms with Crippen molar-refractivity contribution in [2.45, 2.75) is 110 Å². The number of aliphatic carboxylic acids is 1. The number of fused-ring (bicyclic) bond motifs is 5. The van der Waals surface area contributed by atoms with Crippen LogP contribution in [0.2, 0.25) is 0 Å². The second kappa shape index (κ2) is 9.52. The van der Waals surface area contributed by atoms with E-state index >= 15 is 0 Å². The first-order chi connectivity index (χ1) is 15.9. The van der Waals surface area contributed by atoms with Crippen LogP contribution < -0.4 is 0 Å². The van der Waals surface area contributed by atoms with Gasteiger partial charge in [-0.25, -0.2) is 0 Å². The van der Waals surface area contributed by atoms with Gasteiger partial charge in [0.25, 0.3) is 0 Å². The third-order valence-electron chi connectivity index (χ3n) is 11.9. The molecule has 0 aromatic rings. The minimum atomic E-state index is -0.663. The Hall–Kier alpha value is -0.900. The van der Waals surface area contributed by atoms with E-state index < -0.39 is 5.97 Å². The van der Waals surface area contributed by atoms with Crippen LogP contribution in [0.15, 0.2) is 0 Å². The summed E-state index contributed by atoms with van der Waals surface area (Å²) in [6.07, 6.45) is 15.7. The van der Waals surface area contributed by atoms with Gasteiger partial charge in [0.1, 0.15) is 5.78 Å². The highest BCUT2D eigenvalue weighted by molar-refractivity contribution is 5.79. The molecule has 0 amide bonds. The van der Waals surface area contributed by atoms with Crippen LogP contribution in [0, 0.1) is 46.3 Å². The number of carboxylic acid groups (broad SMARTS) is 1. The molecule has 0 aromatic carbocycles. The fourth-order valence-electron chi connectivity index (χ4n) is 9.88. The largest absolute Gasteiger partial charge is 0.481 e. The molecule has 0 heterocycles. The fraction of sp³-hybridized carbons (Fsp3) is 0.933. The highest BCUT2D eigenvalue weighted by Gasteiger charge is 2.60. The topological polar surface area (TPSA) is 54.4 Å². The van der Waals surface area contributed by atoms with Crippen molar-refractivity contribution < 1.29 is 19.2 Å². The average Bonchev–Trinajstić information content (AvgIpc) is 3.09. The molecular formula is C30H52NO3+. The normalized spacial score (nSPS) is 42.9. The first-order valence-electron chi connectivity index (χ1n) is 14.4. The first kappa shape index (κ1) is 26.2. The van der Waals surface area contributed by atoms with Crippen molar-refractivity contribution in [2.24, 2.45) is 46.3 Å². The van der Waals surface area contributed by atoms with Gasteiger partial charge in [-0.2, -0.15) is 0 Å². The fourth-order valence-corrected chi connectivity index (χ4v) is 9.88. The van der Waals surface area contributed by atoms with E-state index in [-0.39, 0.29) is 17.9 Å². The molecule has 5 unspecified atom stereocenters. The number of hydrogen-bond donors (Lipinski definition) is 1. The highest BCUT2D eigenvalue weighted by Crippen LogP contribution is 2.68. The molecule has 4 rings (SSSR count). The number of quaternary nitrogens is 1. The number of nitrogens with zero attached hydrogens (tertiary/aromatic N) is 1. The Balaban J connectivity index is 1.35. The van der Waals surface area contributed by atoms with Gasteiger partial charge in [-0.1, -0.05) is 20.3 Å². The van der Waals surface area contributed by atoms with Crippen LogP contribution in [0.1, 0.15) is 104 Å². The Morgan fingerprint density at radius 1 is 0.941 bits per heavy atom. The molecular weight excluding hydrogens is 422 g/mol. The van der Waals surface area contributed by atoms with Crippen molar-refractivity contribution in [3.63, 3.8) is 0 Å². The zero-order chi connectivity index (χ0) is 24.9. The standard InChI is InChI=1S/C30H51NO3/c1-20(32)25-12-13-26-24-11-10-22-18-21(8-7-9-23(19-28(33)34)31(4,5)6)14-16-29(22,2)27(24)15-17-30(25,26)3/h21-27H,7-19H2,1-6H3/p+1/t21-,22-,23?,24?,25?,26?,27?,29+,30-/m1/s1. The number of ketones is 1. The van der Waals surface area contributed by atoms with Crippen LogP contribution in [0.25, 0.3) is 0 Å². The van der Waals surface area contributed by atoms with Crippen molar-refractivity contribution in [3.8, 4) is 0 Å². The van der Waals surface area contributed by atoms with Gasteiger partial charge < -0.3 is 9.59 Å². The van der Waals surface area contributed by atoms with Gasteiger partial charge in [-0.15, -0.1) is 0 Å². The predicted molar refractivity (Wildman–Crippen MR) is 137 cm³/mol. The maximum absolute atomic E-state index is 12.4. The summed E-state index contributed by atoms with van der Waals surface area (Å²) in [5.74, 6) is 4.29. The monoisotopic (exact) mass is 474 g/mol. The Kier molecular flexibility index (Phi) is 7.33. The molecule has 4 heteroatoms. The lowest BCUT2D eigenvalue weighted by molar-refractivity contribution is -0.895. The third kappa shape index (κ3) is 4.74. The van der Waals surface area contributed by atoms with E-state index in [0.717, 1.165) is 46.9 Å². The zero-order valence-corrected chi connectivity index (χ0v) is 22.9. The molecule has 0 radical (unpaired) electrons. The summed E-state index contributed by atoms with van der Waals surface area (Å²) in [5.41, 5.74) is 0.772. The summed E-state index contributed by atoms with van der Waals surface area (Å²) in [4.78, 5) is 23.7. The third-order valence-corrected chi connectivity index (χ3v) is 11.9. The SMILES string of the molecule is CC(=O)C1CCC2C3CC[C@@H]4C[C@H](CCCC(CC(=O)O)[N+](C)(C)C)CC[C@]4(C)C3CC[C@]12C. The summed E-state index contributed by atoms with van der Waals surface area (Å²) in [6, 6.07) is 0.212. The second-order valence-corrected chi connectivity index (χ2v) is 14.4. The van der Waals surface area contributed by atoms with Crippen LogP contribution >= 0.6 is 0 Å². The number of carboxylic acids is 1. The number of carbonyl (C=O) groups is 2. The van der Waals surface area contributed by atoms with Crippen LogP contribution in [0.4, 0.5) is 0 Å². The molecule has 0 bridgehead atoms. The summed E-state index contributed by atoms with van der Waals surface area (Å²) in [5, 5.41) is 9.34. The minimum absolute atomic E-state index is 0.212. The molecule has 0 saturated heterocycles. The summed E-state index contributed by atoms with van der Waals surface area (Å²) in [7, 11) is 6.41. The Morgan fingerprint density at radius 2 is 1.62 bits per heavy atom. The van der Waals surface area contributed by atoms with Crippen molar-refractivity contribution in [1.82, 2.24) is 0 Å². The molecule has 0 aliphatic heterocycles. The van der Waals surface area contributed by atoms with Gasteiger partial charge in [0.05, 0.1) is 33.6 Å². The Bertz CT molecular complexity index is 772. The number of Topliss-reactive ketones (excluding diaryl/α,β-unsaturated/α-hetero) is 1. The van der Waals surface area contributed by atoms with E-state index in [2.05, 4.69) is 35.0 Å². The molecule has 194 valence electrons. The molecule has 4 nitrogen and oxygen atoms in total. The average molecular weight is 475 g/mol. The smallest absolute Gasteiger partial charge is 0.309 e. The summed E-state index contributed by atoms with van der Waals surface area (Å²) < 4.78 is 0.741. The van der Waals surface area contributed by atoms with E-state index in [4.69, 9.17) is 0 Å². The van der Waals surface area contributed by atoms with Gasteiger partial charge in [0.15, 0.2) is 0 Å². The highest BCUT2D eigenvalue weighted by atomic mass is 16.4. The number of hydrogen-bond acceptors (Lipinski definition) is 2. The van der Waals surface area contributed by atoms with Crippen LogP contribution in [0.5, 0.6) is 0 Å². The lowest BCUT2D eigenvalue weighted by atomic mass is 9.44. The van der Waals surface area contributed by atoms with Crippen molar-refractivity contribution in [1.29, 1.82) is 0 Å². The lowest BCUT2D eigenvalue weighted by Gasteiger charge is -2.61. The first-order valence-corrected chi connectivity index (χ1v) is 14.4. The maximum atomic E-state index is 12.4. The van der Waals surface area contributed by atoms with Gasteiger partial charge in [-0.05, 0) is 112 Å². The molecule has 4 aliphatic carbocycles. The van der Waals surface area contributed by atoms with Crippen LogP contribution in [0.3, 0.4) is 0 Å². The molecule has 0 aromatic heterocycles. The summed E-state index contributed by atoms with van der Waals surface area (Å²) >= 11 is 0. The lowest BCUT2D eigenvalue weighted by Crippen LogP contribution is -2.53. The van der Waals surface area contributed by atoms with Gasteiger partial charge in [0, 0.05) is 12.3 Å². The molecule has 9 atom stereocenters. The van der Waals surface area contributed by atoms with Crippen LogP contribution in [-0.2, 0) is 9.59 Å². The summed E-state index contributed by atoms with van der Waals surface area (Å²) in [6.45, 7) is 6.95. The maximum Gasteiger partial charge on any atom is 0.309 e. The zero-order valence-electron chi connectivity index (χ0n) is 22.9. The number of carbonyl (C=O) groups excluding carboxylic acids is 1. The van der Waals surface area contributed by atoms with E-state index in [1.165, 1.54) is 64.2 Å². The Morgan fingerprint density at radius 3 is 2.26 bits per heavy atom. The van der Waals surface area contributed by atoms with Crippen molar-refractivity contribution in [2.75, 3.05) is 21.1 Å². The second-order valence-electron chi connectivity index (χ2n) is 14.4. The molecule has 4 aliphatic rings. The predicted octanol–water partition coefficient (Wildman–Crippen LogP) is 6.57. The number of rotatable bonds is 8. The van der Waals surface area contributed by atoms with E-state index in [0.29, 0.717) is 17.1 Å². The van der Waals surface area contributed by atoms with Crippen molar-refractivity contribution in [3.05, 3.63) is 0 Å². The van der Waals surface area contributed by atoms with Gasteiger partial charge >= 0.3 is 5.97 Å². The van der Waals surface area contributed by atoms with Gasteiger partial charge in [0.2, 0.25) is 0 Å². The van der Waals surface area contributed by atoms with Gasteiger partial charge in [-0.3, -0.25) is 9.59 Å². The molecule has 0 spiro atoms. The molecule has 1 N–H and O–H groups in total. The van der Waals surface area contributed by atoms with E-state index in [9.17, 15) is 14.7 Å². The molecule has 34 heavy (non-hydrogen) atoms. The van der Waals surface area contributed by atoms with E-state index in [1.54, 1.807) is 0 Å². The quantitative estimate of drug-likeness (QED) is 0.405. The van der Waals surface area contributed by atoms with Crippen molar-refractivity contribution >= 4 is 11.8 Å². The van der Waals surface area contributed by atoms with Crippen LogP contribution in [-0.4, -0.2) is 48.5 Å². The molecule has 4 saturated carbocycles. The molecule has 4 fully saturated rings. The minimum Gasteiger partial charge on any atom is -0.481 e.